The number of carboxylic acid groups (broad SMARTS) is 1. The van der Waals surface area contributed by atoms with Gasteiger partial charge in [-0.15, -0.1) is 0 Å². The summed E-state index contributed by atoms with van der Waals surface area (Å²) in [5.41, 5.74) is 5.91. The van der Waals surface area contributed by atoms with Crippen molar-refractivity contribution in [1.82, 2.24) is 9.97 Å². The number of hydrogen-bond donors (Lipinski definition) is 2. The van der Waals surface area contributed by atoms with Crippen LogP contribution in [0.5, 0.6) is 0 Å². The van der Waals surface area contributed by atoms with Gasteiger partial charge in [0.15, 0.2) is 5.82 Å². The molecule has 1 aromatic heterocycles. The zero-order valence-corrected chi connectivity index (χ0v) is 10.4. The number of carbonyl (C=O) groups is 1. The van der Waals surface area contributed by atoms with Crippen LogP contribution in [-0.2, 0) is 0 Å². The molecule has 3 N–H and O–H groups in total. The van der Waals surface area contributed by atoms with Gasteiger partial charge in [0.25, 0.3) is 5.69 Å². The lowest BCUT2D eigenvalue weighted by atomic mass is 10.1. The number of aryl methyl sites for hydroxylation is 1. The van der Waals surface area contributed by atoms with Gasteiger partial charge in [0, 0.05) is 17.7 Å². The predicted molar refractivity (Wildman–Crippen MR) is 70.2 cm³/mol. The summed E-state index contributed by atoms with van der Waals surface area (Å²) < 4.78 is 0. The molecule has 0 saturated heterocycles. The maximum absolute atomic E-state index is 11.0. The predicted octanol–water partition coefficient (Wildman–Crippen LogP) is 1.64. The Kier molecular flexibility index (Phi) is 3.30. The number of nitrogens with two attached hydrogens (primary N) is 1. The average Bonchev–Trinajstić information content (AvgIpc) is 2.37. The fourth-order valence-electron chi connectivity index (χ4n) is 1.75. The first-order valence-electron chi connectivity index (χ1n) is 5.52. The van der Waals surface area contributed by atoms with Crippen LogP contribution >= 0.6 is 0 Å². The van der Waals surface area contributed by atoms with Crippen molar-refractivity contribution in [2.24, 2.45) is 0 Å². The molecule has 0 atom stereocenters. The second-order valence-electron chi connectivity index (χ2n) is 4.01. The molecule has 8 nitrogen and oxygen atoms in total. The van der Waals surface area contributed by atoms with E-state index >= 15 is 0 Å². The van der Waals surface area contributed by atoms with Gasteiger partial charge in [-0.1, -0.05) is 12.1 Å². The molecule has 0 saturated carbocycles. The van der Waals surface area contributed by atoms with E-state index < -0.39 is 10.9 Å². The van der Waals surface area contributed by atoms with Crippen LogP contribution in [-0.4, -0.2) is 26.0 Å². The molecule has 0 aliphatic carbocycles. The molecule has 2 rings (SSSR count). The number of hydrogen-bond acceptors (Lipinski definition) is 6. The van der Waals surface area contributed by atoms with Crippen LogP contribution < -0.4 is 5.73 Å². The van der Waals surface area contributed by atoms with Gasteiger partial charge in [0.1, 0.15) is 11.4 Å². The smallest absolute Gasteiger partial charge is 0.341 e. The number of anilines is 1. The molecule has 0 radical (unpaired) electrons. The summed E-state index contributed by atoms with van der Waals surface area (Å²) in [6.07, 6.45) is 0. The van der Waals surface area contributed by atoms with E-state index in [1.54, 1.807) is 6.07 Å². The van der Waals surface area contributed by atoms with Crippen LogP contribution in [0.1, 0.15) is 16.1 Å². The highest BCUT2D eigenvalue weighted by Crippen LogP contribution is 2.23. The second kappa shape index (κ2) is 4.92. The summed E-state index contributed by atoms with van der Waals surface area (Å²) in [6.45, 7) is 1.49. The Morgan fingerprint density at radius 2 is 2.10 bits per heavy atom. The third kappa shape index (κ3) is 2.39. The van der Waals surface area contributed by atoms with Crippen molar-refractivity contribution in [3.8, 4) is 11.4 Å². The third-order valence-electron chi connectivity index (χ3n) is 2.65. The van der Waals surface area contributed by atoms with Crippen LogP contribution in [0.2, 0.25) is 0 Å². The lowest BCUT2D eigenvalue weighted by molar-refractivity contribution is -0.384. The molecule has 20 heavy (non-hydrogen) atoms. The number of nitrogens with zero attached hydrogens (tertiary/aromatic N) is 3. The lowest BCUT2D eigenvalue weighted by Crippen LogP contribution is -2.10. The van der Waals surface area contributed by atoms with E-state index in [0.29, 0.717) is 5.56 Å². The highest BCUT2D eigenvalue weighted by atomic mass is 16.6. The Labute approximate surface area is 113 Å². The number of non-ortho nitro benzene ring substituents is 1. The van der Waals surface area contributed by atoms with Crippen LogP contribution in [0.15, 0.2) is 24.3 Å². The first-order valence-corrected chi connectivity index (χ1v) is 5.52. The first kappa shape index (κ1) is 13.4. The van der Waals surface area contributed by atoms with Crippen LogP contribution in [0.25, 0.3) is 11.4 Å². The molecule has 0 aliphatic heterocycles. The van der Waals surface area contributed by atoms with Gasteiger partial charge in [0.05, 0.1) is 10.6 Å². The van der Waals surface area contributed by atoms with E-state index in [4.69, 9.17) is 10.8 Å². The fraction of sp³-hybridized carbons (Fsp3) is 0.0833. The highest BCUT2D eigenvalue weighted by Gasteiger charge is 2.17. The van der Waals surface area contributed by atoms with Crippen LogP contribution in [0.3, 0.4) is 0 Å². The molecular weight excluding hydrogens is 264 g/mol. The first-order chi connectivity index (χ1) is 9.40. The Morgan fingerprint density at radius 3 is 2.65 bits per heavy atom. The number of rotatable bonds is 3. The normalized spacial score (nSPS) is 10.2. The minimum atomic E-state index is -1.22. The van der Waals surface area contributed by atoms with E-state index in [2.05, 4.69) is 9.97 Å². The Bertz CT molecular complexity index is 691. The van der Waals surface area contributed by atoms with Crippen molar-refractivity contribution in [3.05, 3.63) is 45.6 Å². The monoisotopic (exact) mass is 274 g/mol. The fourth-order valence-corrected chi connectivity index (χ4v) is 1.75. The maximum Gasteiger partial charge on any atom is 0.341 e. The molecule has 0 bridgehead atoms. The zero-order valence-electron chi connectivity index (χ0n) is 10.4. The number of aromatic nitrogens is 2. The molecule has 102 valence electrons. The third-order valence-corrected chi connectivity index (χ3v) is 2.65. The van der Waals surface area contributed by atoms with Crippen molar-refractivity contribution in [2.75, 3.05) is 5.73 Å². The maximum atomic E-state index is 11.0. The number of benzene rings is 1. The van der Waals surface area contributed by atoms with Crippen molar-refractivity contribution >= 4 is 17.5 Å². The molecule has 1 heterocycles. The SMILES string of the molecule is Cc1nc(-c2cccc([N+](=O)[O-])c2)nc(N)c1C(=O)O. The average molecular weight is 274 g/mol. The van der Waals surface area contributed by atoms with Crippen LogP contribution in [0.4, 0.5) is 11.5 Å². The Balaban J connectivity index is 2.57. The summed E-state index contributed by atoms with van der Waals surface area (Å²) in [6, 6.07) is 5.72. The molecule has 1 aromatic carbocycles. The minimum Gasteiger partial charge on any atom is -0.477 e. The van der Waals surface area contributed by atoms with Gasteiger partial charge < -0.3 is 10.8 Å². The number of nitro groups is 1. The summed E-state index contributed by atoms with van der Waals surface area (Å²) in [4.78, 5) is 29.1. The van der Waals surface area contributed by atoms with Gasteiger partial charge >= 0.3 is 5.97 Å². The Hall–Kier alpha value is -3.03. The largest absolute Gasteiger partial charge is 0.477 e. The Morgan fingerprint density at radius 1 is 1.40 bits per heavy atom. The van der Waals surface area contributed by atoms with Gasteiger partial charge in [-0.25, -0.2) is 14.8 Å². The molecule has 2 aromatic rings. The van der Waals surface area contributed by atoms with E-state index in [0.717, 1.165) is 0 Å². The number of carboxylic acids is 1. The summed E-state index contributed by atoms with van der Waals surface area (Å²) in [5, 5.41) is 19.7. The van der Waals surface area contributed by atoms with Crippen molar-refractivity contribution in [3.63, 3.8) is 0 Å². The van der Waals surface area contributed by atoms with Gasteiger partial charge in [-0.3, -0.25) is 10.1 Å². The van der Waals surface area contributed by atoms with Crippen molar-refractivity contribution in [1.29, 1.82) is 0 Å². The van der Waals surface area contributed by atoms with Gasteiger partial charge in [0.2, 0.25) is 0 Å². The van der Waals surface area contributed by atoms with Crippen LogP contribution in [0, 0.1) is 17.0 Å². The van der Waals surface area contributed by atoms with E-state index in [-0.39, 0.29) is 28.6 Å². The summed E-state index contributed by atoms with van der Waals surface area (Å²) >= 11 is 0. The van der Waals surface area contributed by atoms with Crippen molar-refractivity contribution < 1.29 is 14.8 Å². The molecule has 0 fully saturated rings. The lowest BCUT2D eigenvalue weighted by Gasteiger charge is -2.07. The standard InChI is InChI=1S/C12H10N4O4/c1-6-9(12(17)18)10(13)15-11(14-6)7-3-2-4-8(5-7)16(19)20/h2-5H,1H3,(H,17,18)(H2,13,14,15). The molecule has 0 amide bonds. The van der Waals surface area contributed by atoms with E-state index in [1.807, 2.05) is 0 Å². The molecule has 0 aliphatic rings. The summed E-state index contributed by atoms with van der Waals surface area (Å²) in [5.74, 6) is -1.24. The topological polar surface area (TPSA) is 132 Å². The van der Waals surface area contributed by atoms with E-state index in [1.165, 1.54) is 25.1 Å². The van der Waals surface area contributed by atoms with E-state index in [9.17, 15) is 14.9 Å². The van der Waals surface area contributed by atoms with Gasteiger partial charge in [-0.05, 0) is 6.92 Å². The molecular formula is C12H10N4O4. The second-order valence-corrected chi connectivity index (χ2v) is 4.01. The number of aromatic carboxylic acids is 1. The minimum absolute atomic E-state index is 0.107. The number of nitrogen functional groups attached to an aromatic ring is 1. The number of nitro benzene ring substituents is 1. The highest BCUT2D eigenvalue weighted by molar-refractivity contribution is 5.94. The van der Waals surface area contributed by atoms with Crippen molar-refractivity contribution in [2.45, 2.75) is 6.92 Å². The molecule has 0 spiro atoms. The molecule has 8 heteroatoms. The summed E-state index contributed by atoms with van der Waals surface area (Å²) in [7, 11) is 0. The van der Waals surface area contributed by atoms with Gasteiger partial charge in [-0.2, -0.15) is 0 Å². The quantitative estimate of drug-likeness (QED) is 0.642. The molecule has 0 unspecified atom stereocenters. The zero-order chi connectivity index (χ0) is 14.9.